The molecular formula is C25H28FN5O. The molecule has 0 aliphatic carbocycles. The number of anilines is 3. The van der Waals surface area contributed by atoms with Gasteiger partial charge in [-0.15, -0.1) is 0 Å². The molecule has 1 amide bonds. The van der Waals surface area contributed by atoms with Crippen LogP contribution < -0.4 is 15.1 Å². The van der Waals surface area contributed by atoms with Crippen LogP contribution in [0.25, 0.3) is 0 Å². The van der Waals surface area contributed by atoms with Crippen LogP contribution in [0.15, 0.2) is 60.3 Å². The van der Waals surface area contributed by atoms with E-state index in [-0.39, 0.29) is 17.3 Å². The lowest BCUT2D eigenvalue weighted by molar-refractivity contribution is -0.127. The van der Waals surface area contributed by atoms with Crippen molar-refractivity contribution < 1.29 is 9.18 Å². The molecule has 2 saturated heterocycles. The predicted molar refractivity (Wildman–Crippen MR) is 125 cm³/mol. The van der Waals surface area contributed by atoms with Gasteiger partial charge in [0.15, 0.2) is 0 Å². The third-order valence-electron chi connectivity index (χ3n) is 6.08. The highest BCUT2D eigenvalue weighted by atomic mass is 19.1. The van der Waals surface area contributed by atoms with Crippen molar-refractivity contribution in [3.05, 3.63) is 66.1 Å². The third-order valence-corrected chi connectivity index (χ3v) is 6.08. The van der Waals surface area contributed by atoms with Crippen molar-refractivity contribution in [1.82, 2.24) is 4.90 Å². The topological polar surface area (TPSA) is 62.6 Å². The van der Waals surface area contributed by atoms with Gasteiger partial charge in [-0.3, -0.25) is 4.79 Å². The molecule has 166 valence electrons. The Balaban J connectivity index is 1.32. The second kappa shape index (κ2) is 10.2. The molecule has 6 nitrogen and oxygen atoms in total. The number of hydrogen-bond acceptors (Lipinski definition) is 5. The quantitative estimate of drug-likeness (QED) is 0.571. The second-order valence-corrected chi connectivity index (χ2v) is 8.16. The Bertz CT molecular complexity index is 982. The summed E-state index contributed by atoms with van der Waals surface area (Å²) in [5.41, 5.74) is 3.06. The molecule has 2 aliphatic heterocycles. The van der Waals surface area contributed by atoms with Crippen LogP contribution in [0.3, 0.4) is 0 Å². The van der Waals surface area contributed by atoms with Crippen LogP contribution in [0.2, 0.25) is 0 Å². The van der Waals surface area contributed by atoms with Gasteiger partial charge < -0.3 is 20.0 Å². The number of nitrogens with one attached hydrogen (secondary N) is 1. The second-order valence-electron chi connectivity index (χ2n) is 8.16. The number of nitriles is 1. The summed E-state index contributed by atoms with van der Waals surface area (Å²) >= 11 is 0. The molecule has 0 saturated carbocycles. The number of piperidine rings is 1. The lowest BCUT2D eigenvalue weighted by Crippen LogP contribution is -2.49. The molecule has 1 N–H and O–H groups in total. The number of benzene rings is 2. The van der Waals surface area contributed by atoms with Crippen LogP contribution in [0, 0.1) is 17.1 Å². The standard InChI is InChI=1S/C25H28FN5O/c26-21-4-8-23(9-5-21)30-14-16-31(17-15-30)25(32)20(18-27)19-28-22-6-10-24(11-7-22)29-12-2-1-3-13-29/h4-11,19,28H,1-3,12-17H2/b20-19-. The number of amides is 1. The molecule has 0 bridgehead atoms. The monoisotopic (exact) mass is 433 g/mol. The highest BCUT2D eigenvalue weighted by molar-refractivity contribution is 5.97. The lowest BCUT2D eigenvalue weighted by atomic mass is 10.1. The van der Waals surface area contributed by atoms with Gasteiger partial charge in [0.2, 0.25) is 0 Å². The van der Waals surface area contributed by atoms with E-state index in [1.807, 2.05) is 18.2 Å². The summed E-state index contributed by atoms with van der Waals surface area (Å²) in [7, 11) is 0. The summed E-state index contributed by atoms with van der Waals surface area (Å²) < 4.78 is 13.1. The summed E-state index contributed by atoms with van der Waals surface area (Å²) in [6.07, 6.45) is 5.25. The van der Waals surface area contributed by atoms with E-state index in [1.165, 1.54) is 43.3 Å². The number of carbonyl (C=O) groups excluding carboxylic acids is 1. The van der Waals surface area contributed by atoms with E-state index >= 15 is 0 Å². The summed E-state index contributed by atoms with van der Waals surface area (Å²) in [4.78, 5) is 19.0. The smallest absolute Gasteiger partial charge is 0.266 e. The fraction of sp³-hybridized carbons (Fsp3) is 0.360. The third kappa shape index (κ3) is 5.20. The van der Waals surface area contributed by atoms with E-state index < -0.39 is 0 Å². The van der Waals surface area contributed by atoms with Crippen LogP contribution >= 0.6 is 0 Å². The van der Waals surface area contributed by atoms with Gasteiger partial charge in [0.1, 0.15) is 17.5 Å². The first-order chi connectivity index (χ1) is 15.6. The molecule has 0 aromatic heterocycles. The molecular weight excluding hydrogens is 405 g/mol. The van der Waals surface area contributed by atoms with Crippen molar-refractivity contribution in [3.63, 3.8) is 0 Å². The fourth-order valence-electron chi connectivity index (χ4n) is 4.21. The maximum Gasteiger partial charge on any atom is 0.266 e. The number of nitrogens with zero attached hydrogens (tertiary/aromatic N) is 4. The molecule has 2 aliphatic rings. The van der Waals surface area contributed by atoms with Crippen LogP contribution in [0.4, 0.5) is 21.5 Å². The van der Waals surface area contributed by atoms with E-state index in [4.69, 9.17) is 0 Å². The molecule has 0 radical (unpaired) electrons. The van der Waals surface area contributed by atoms with Crippen molar-refractivity contribution in [3.8, 4) is 6.07 Å². The molecule has 2 aromatic carbocycles. The Morgan fingerprint density at radius 3 is 2.00 bits per heavy atom. The number of halogens is 1. The van der Waals surface area contributed by atoms with E-state index in [1.54, 1.807) is 17.0 Å². The highest BCUT2D eigenvalue weighted by Crippen LogP contribution is 2.22. The zero-order valence-corrected chi connectivity index (χ0v) is 18.1. The van der Waals surface area contributed by atoms with E-state index in [9.17, 15) is 14.4 Å². The Kier molecular flexibility index (Phi) is 6.90. The average molecular weight is 434 g/mol. The van der Waals surface area contributed by atoms with Gasteiger partial charge in [0.05, 0.1) is 0 Å². The van der Waals surface area contributed by atoms with Crippen molar-refractivity contribution in [2.45, 2.75) is 19.3 Å². The summed E-state index contributed by atoms with van der Waals surface area (Å²) in [5.74, 6) is -0.538. The molecule has 32 heavy (non-hydrogen) atoms. The SMILES string of the molecule is N#C/C(=C/Nc1ccc(N2CCCCC2)cc1)C(=O)N1CCN(c2ccc(F)cc2)CC1. The van der Waals surface area contributed by atoms with Crippen molar-refractivity contribution >= 4 is 23.0 Å². The molecule has 2 aromatic rings. The Morgan fingerprint density at radius 1 is 0.844 bits per heavy atom. The van der Waals surface area contributed by atoms with Crippen LogP contribution in [0.1, 0.15) is 19.3 Å². The maximum atomic E-state index is 13.1. The molecule has 2 heterocycles. The molecule has 4 rings (SSSR count). The minimum Gasteiger partial charge on any atom is -0.372 e. The van der Waals surface area contributed by atoms with Gasteiger partial charge in [-0.1, -0.05) is 0 Å². The van der Waals surface area contributed by atoms with Gasteiger partial charge in [0, 0.05) is 62.5 Å². The first-order valence-corrected chi connectivity index (χ1v) is 11.2. The molecule has 7 heteroatoms. The van der Waals surface area contributed by atoms with E-state index in [0.717, 1.165) is 24.5 Å². The highest BCUT2D eigenvalue weighted by Gasteiger charge is 2.24. The van der Waals surface area contributed by atoms with Gasteiger partial charge >= 0.3 is 0 Å². The zero-order valence-electron chi connectivity index (χ0n) is 18.1. The molecule has 0 unspecified atom stereocenters. The Labute approximate surface area is 188 Å². The fourth-order valence-corrected chi connectivity index (χ4v) is 4.21. The Morgan fingerprint density at radius 2 is 1.41 bits per heavy atom. The van der Waals surface area contributed by atoms with Gasteiger partial charge in [-0.05, 0) is 67.8 Å². The molecule has 0 atom stereocenters. The van der Waals surface area contributed by atoms with Crippen LogP contribution in [-0.4, -0.2) is 50.1 Å². The van der Waals surface area contributed by atoms with Crippen LogP contribution in [0.5, 0.6) is 0 Å². The normalized spacial score (nSPS) is 17.1. The maximum absolute atomic E-state index is 13.1. The first kappa shape index (κ1) is 21.7. The van der Waals surface area contributed by atoms with Crippen molar-refractivity contribution in [2.24, 2.45) is 0 Å². The lowest BCUT2D eigenvalue weighted by Gasteiger charge is -2.36. The van der Waals surface area contributed by atoms with E-state index in [2.05, 4.69) is 27.2 Å². The van der Waals surface area contributed by atoms with Gasteiger partial charge in [-0.25, -0.2) is 4.39 Å². The zero-order chi connectivity index (χ0) is 22.3. The summed E-state index contributed by atoms with van der Waals surface area (Å²) in [5, 5.41) is 12.6. The summed E-state index contributed by atoms with van der Waals surface area (Å²) in [6, 6.07) is 16.5. The first-order valence-electron chi connectivity index (χ1n) is 11.2. The van der Waals surface area contributed by atoms with Gasteiger partial charge in [0.25, 0.3) is 5.91 Å². The predicted octanol–water partition coefficient (Wildman–Crippen LogP) is 3.98. The average Bonchev–Trinajstić information content (AvgIpc) is 2.86. The van der Waals surface area contributed by atoms with Crippen molar-refractivity contribution in [2.75, 3.05) is 54.4 Å². The number of rotatable bonds is 5. The number of piperazine rings is 1. The van der Waals surface area contributed by atoms with Crippen molar-refractivity contribution in [1.29, 1.82) is 5.26 Å². The number of hydrogen-bond donors (Lipinski definition) is 1. The molecule has 0 spiro atoms. The minimum absolute atomic E-state index is 0.0836. The van der Waals surface area contributed by atoms with Gasteiger partial charge in [-0.2, -0.15) is 5.26 Å². The molecule has 2 fully saturated rings. The number of carbonyl (C=O) groups is 1. The minimum atomic E-state index is -0.274. The largest absolute Gasteiger partial charge is 0.372 e. The summed E-state index contributed by atoms with van der Waals surface area (Å²) in [6.45, 7) is 4.49. The Hall–Kier alpha value is -3.53. The van der Waals surface area contributed by atoms with E-state index in [0.29, 0.717) is 26.2 Å². The van der Waals surface area contributed by atoms with Crippen LogP contribution in [-0.2, 0) is 4.79 Å².